The minimum Gasteiger partial charge on any atom is -0.294 e. The van der Waals surface area contributed by atoms with Crippen LogP contribution in [-0.4, -0.2) is 20.0 Å². The van der Waals surface area contributed by atoms with Gasteiger partial charge in [-0.1, -0.05) is 66.7 Å². The first-order valence-electron chi connectivity index (χ1n) is 6.77. The Morgan fingerprint density at radius 2 is 1.32 bits per heavy atom. The highest BCUT2D eigenvalue weighted by molar-refractivity contribution is 7.95. The summed E-state index contributed by atoms with van der Waals surface area (Å²) in [4.78, 5) is 11.7. The third-order valence-electron chi connectivity index (χ3n) is 2.87. The maximum Gasteiger partial charge on any atom is 0.179 e. The summed E-state index contributed by atoms with van der Waals surface area (Å²) in [5, 5.41) is 1.08. The summed E-state index contributed by atoms with van der Waals surface area (Å²) in [5.74, 6) is -0.971. The highest BCUT2D eigenvalue weighted by atomic mass is 32.2. The minimum atomic E-state index is -3.56. The van der Waals surface area contributed by atoms with Crippen LogP contribution in [0.3, 0.4) is 0 Å². The lowest BCUT2D eigenvalue weighted by molar-refractivity contribution is -0.112. The van der Waals surface area contributed by atoms with Crippen molar-refractivity contribution in [1.29, 1.82) is 0 Å². The van der Waals surface area contributed by atoms with Crippen LogP contribution in [0.5, 0.6) is 0 Å². The first-order valence-corrected chi connectivity index (χ1v) is 8.48. The van der Waals surface area contributed by atoms with E-state index in [9.17, 15) is 13.2 Å². The first kappa shape index (κ1) is 15.9. The second-order valence-corrected chi connectivity index (χ2v) is 6.62. The van der Waals surface area contributed by atoms with Gasteiger partial charge < -0.3 is 0 Å². The molecule has 22 heavy (non-hydrogen) atoms. The Kier molecular flexibility index (Phi) is 5.44. The molecule has 0 aromatic heterocycles. The molecule has 0 saturated carbocycles. The maximum atomic E-state index is 11.9. The van der Waals surface area contributed by atoms with Crippen molar-refractivity contribution in [2.24, 2.45) is 0 Å². The molecule has 4 heteroatoms. The molecular weight excluding hydrogens is 296 g/mol. The molecule has 0 spiro atoms. The van der Waals surface area contributed by atoms with Gasteiger partial charge in [0.05, 0.1) is 0 Å². The summed E-state index contributed by atoms with van der Waals surface area (Å²) >= 11 is 0. The van der Waals surface area contributed by atoms with Gasteiger partial charge in [0.25, 0.3) is 0 Å². The lowest BCUT2D eigenvalue weighted by Crippen LogP contribution is -2.11. The number of ketones is 1. The molecule has 0 heterocycles. The highest BCUT2D eigenvalue weighted by Gasteiger charge is 2.10. The van der Waals surface area contributed by atoms with Gasteiger partial charge in [0.2, 0.25) is 0 Å². The van der Waals surface area contributed by atoms with Crippen molar-refractivity contribution in [1.82, 2.24) is 0 Å². The average molecular weight is 312 g/mol. The van der Waals surface area contributed by atoms with Crippen molar-refractivity contribution in [2.45, 2.75) is 0 Å². The van der Waals surface area contributed by atoms with E-state index in [2.05, 4.69) is 0 Å². The van der Waals surface area contributed by atoms with Crippen LogP contribution in [0.4, 0.5) is 0 Å². The molecule has 0 saturated heterocycles. The lowest BCUT2D eigenvalue weighted by Gasteiger charge is -1.96. The Bertz CT molecular complexity index is 774. The summed E-state index contributed by atoms with van der Waals surface area (Å²) in [6.45, 7) is 0. The third kappa shape index (κ3) is 5.50. The van der Waals surface area contributed by atoms with E-state index in [0.29, 0.717) is 0 Å². The quantitative estimate of drug-likeness (QED) is 0.769. The molecule has 0 fully saturated rings. The van der Waals surface area contributed by atoms with Crippen molar-refractivity contribution in [3.8, 4) is 0 Å². The minimum absolute atomic E-state index is 0.443. The van der Waals surface area contributed by atoms with E-state index in [1.54, 1.807) is 18.2 Å². The molecule has 0 unspecified atom stereocenters. The number of carbonyl (C=O) groups is 1. The zero-order chi connectivity index (χ0) is 15.8. The van der Waals surface area contributed by atoms with Crippen LogP contribution in [-0.2, 0) is 14.6 Å². The molecule has 3 nitrogen and oxygen atoms in total. The molecular formula is C18H16O3S. The van der Waals surface area contributed by atoms with Gasteiger partial charge in [0.1, 0.15) is 5.75 Å². The Morgan fingerprint density at radius 3 is 1.86 bits per heavy atom. The first-order chi connectivity index (χ1) is 10.6. The molecule has 0 N–H and O–H groups in total. The molecule has 0 aliphatic rings. The van der Waals surface area contributed by atoms with Crippen LogP contribution in [0, 0.1) is 0 Å². The van der Waals surface area contributed by atoms with Gasteiger partial charge >= 0.3 is 0 Å². The van der Waals surface area contributed by atoms with Crippen LogP contribution < -0.4 is 0 Å². The summed E-state index contributed by atoms with van der Waals surface area (Å²) in [5.41, 5.74) is 1.63. The fourth-order valence-corrected chi connectivity index (χ4v) is 2.75. The van der Waals surface area contributed by atoms with E-state index >= 15 is 0 Å². The number of sulfone groups is 1. The van der Waals surface area contributed by atoms with Gasteiger partial charge in [0, 0.05) is 5.41 Å². The van der Waals surface area contributed by atoms with E-state index in [1.165, 1.54) is 12.2 Å². The molecule has 2 aromatic rings. The van der Waals surface area contributed by atoms with Gasteiger partial charge in [-0.15, -0.1) is 0 Å². The van der Waals surface area contributed by atoms with Gasteiger partial charge in [0.15, 0.2) is 15.6 Å². The lowest BCUT2D eigenvalue weighted by atomic mass is 10.2. The fourth-order valence-electron chi connectivity index (χ4n) is 1.79. The number of rotatable bonds is 6. The SMILES string of the molecule is O=C(/C=C\c1ccccc1)CS(=O)(=O)C=Cc1ccccc1. The van der Waals surface area contributed by atoms with Crippen molar-refractivity contribution in [3.05, 3.63) is 83.3 Å². The Hall–Kier alpha value is -2.46. The van der Waals surface area contributed by atoms with Crippen molar-refractivity contribution in [2.75, 3.05) is 5.75 Å². The molecule has 2 aromatic carbocycles. The number of allylic oxidation sites excluding steroid dienone is 1. The van der Waals surface area contributed by atoms with Crippen LogP contribution in [0.1, 0.15) is 11.1 Å². The summed E-state index contributed by atoms with van der Waals surface area (Å²) in [7, 11) is -3.56. The standard InChI is InChI=1S/C18H16O3S/c19-18(12-11-16-7-3-1-4-8-16)15-22(20,21)14-13-17-9-5-2-6-10-17/h1-14H,15H2/b12-11-,14-13?. The van der Waals surface area contributed by atoms with Gasteiger partial charge in [-0.05, 0) is 23.3 Å². The predicted molar refractivity (Wildman–Crippen MR) is 89.7 cm³/mol. The largest absolute Gasteiger partial charge is 0.294 e. The van der Waals surface area contributed by atoms with Gasteiger partial charge in [-0.3, -0.25) is 4.79 Å². The second-order valence-electron chi connectivity index (χ2n) is 4.73. The molecule has 112 valence electrons. The molecule has 0 aliphatic carbocycles. The summed E-state index contributed by atoms with van der Waals surface area (Å²) in [6, 6.07) is 18.3. The maximum absolute atomic E-state index is 11.9. The molecule has 0 bridgehead atoms. The topological polar surface area (TPSA) is 51.2 Å². The van der Waals surface area contributed by atoms with Crippen molar-refractivity contribution in [3.63, 3.8) is 0 Å². The Morgan fingerprint density at radius 1 is 0.818 bits per heavy atom. The van der Waals surface area contributed by atoms with Crippen molar-refractivity contribution < 1.29 is 13.2 Å². The highest BCUT2D eigenvalue weighted by Crippen LogP contribution is 2.05. The zero-order valence-corrected chi connectivity index (χ0v) is 12.7. The van der Waals surface area contributed by atoms with E-state index in [-0.39, 0.29) is 0 Å². The van der Waals surface area contributed by atoms with E-state index in [0.717, 1.165) is 16.5 Å². The Labute approximate surface area is 130 Å². The molecule has 0 radical (unpaired) electrons. The summed E-state index contributed by atoms with van der Waals surface area (Å²) < 4.78 is 23.8. The predicted octanol–water partition coefficient (Wildman–Crippen LogP) is 3.35. The normalized spacial score (nSPS) is 12.0. The molecule has 0 amide bonds. The fraction of sp³-hybridized carbons (Fsp3) is 0.0556. The van der Waals surface area contributed by atoms with E-state index in [4.69, 9.17) is 0 Å². The van der Waals surface area contributed by atoms with Crippen LogP contribution in [0.25, 0.3) is 12.2 Å². The number of hydrogen-bond acceptors (Lipinski definition) is 3. The number of benzene rings is 2. The summed E-state index contributed by atoms with van der Waals surface area (Å²) in [6.07, 6.45) is 4.39. The zero-order valence-electron chi connectivity index (χ0n) is 11.9. The number of carbonyl (C=O) groups excluding carboxylic acids is 1. The van der Waals surface area contributed by atoms with Crippen molar-refractivity contribution >= 4 is 27.8 Å². The van der Waals surface area contributed by atoms with E-state index < -0.39 is 21.4 Å². The van der Waals surface area contributed by atoms with Crippen LogP contribution in [0.2, 0.25) is 0 Å². The Balaban J connectivity index is 1.98. The van der Waals surface area contributed by atoms with Crippen LogP contribution in [0.15, 0.2) is 72.1 Å². The van der Waals surface area contributed by atoms with Crippen LogP contribution >= 0.6 is 0 Å². The third-order valence-corrected chi connectivity index (χ3v) is 4.11. The average Bonchev–Trinajstić information content (AvgIpc) is 2.53. The second kappa shape index (κ2) is 7.52. The number of hydrogen-bond donors (Lipinski definition) is 0. The van der Waals surface area contributed by atoms with Gasteiger partial charge in [-0.25, -0.2) is 8.42 Å². The smallest absolute Gasteiger partial charge is 0.179 e. The van der Waals surface area contributed by atoms with E-state index in [1.807, 2.05) is 48.5 Å². The molecule has 0 aliphatic heterocycles. The molecule has 2 rings (SSSR count). The molecule has 0 atom stereocenters. The monoisotopic (exact) mass is 312 g/mol. The van der Waals surface area contributed by atoms with Gasteiger partial charge in [-0.2, -0.15) is 0 Å².